The molecule has 0 aliphatic rings. The highest BCUT2D eigenvalue weighted by Crippen LogP contribution is 2.30. The lowest BCUT2D eigenvalue weighted by Gasteiger charge is -2.19. The van der Waals surface area contributed by atoms with Crippen LogP contribution in [0, 0.1) is 0 Å². The van der Waals surface area contributed by atoms with E-state index in [1.807, 2.05) is 18.2 Å². The molecule has 0 heterocycles. The fourth-order valence-corrected chi connectivity index (χ4v) is 2.62. The van der Waals surface area contributed by atoms with Crippen molar-refractivity contribution in [3.8, 4) is 17.2 Å². The number of para-hydroxylation sites is 1. The minimum absolute atomic E-state index is 0.0291. The lowest BCUT2D eigenvalue weighted by atomic mass is 10.1. The van der Waals surface area contributed by atoms with E-state index in [1.165, 1.54) is 6.07 Å². The van der Waals surface area contributed by atoms with Crippen molar-refractivity contribution < 1.29 is 27.8 Å². The Kier molecular flexibility index (Phi) is 7.40. The van der Waals surface area contributed by atoms with Gasteiger partial charge in [0.2, 0.25) is 5.91 Å². The molecule has 0 aliphatic carbocycles. The molecular weight excluding hydrogens is 356 g/mol. The predicted molar refractivity (Wildman–Crippen MR) is 97.4 cm³/mol. The molecule has 2 aromatic carbocycles. The van der Waals surface area contributed by atoms with Crippen LogP contribution >= 0.6 is 0 Å². The monoisotopic (exact) mass is 379 g/mol. The number of hydrogen-bond acceptors (Lipinski definition) is 4. The number of rotatable bonds is 9. The van der Waals surface area contributed by atoms with Crippen LogP contribution in [0.15, 0.2) is 42.5 Å². The molecule has 0 saturated carbocycles. The van der Waals surface area contributed by atoms with E-state index in [1.54, 1.807) is 44.2 Å². The third kappa shape index (κ3) is 5.84. The number of ether oxygens (including phenoxy) is 3. The van der Waals surface area contributed by atoms with E-state index in [0.717, 1.165) is 11.1 Å². The zero-order valence-corrected chi connectivity index (χ0v) is 15.6. The van der Waals surface area contributed by atoms with E-state index in [-0.39, 0.29) is 23.8 Å². The van der Waals surface area contributed by atoms with Gasteiger partial charge in [0.25, 0.3) is 0 Å². The maximum absolute atomic E-state index is 12.5. The number of halogens is 2. The summed E-state index contributed by atoms with van der Waals surface area (Å²) in [7, 11) is 3.24. The van der Waals surface area contributed by atoms with Gasteiger partial charge in [0.1, 0.15) is 5.75 Å². The van der Waals surface area contributed by atoms with Crippen molar-refractivity contribution in [1.82, 2.24) is 4.90 Å². The molecular formula is C20H23F2NO4. The summed E-state index contributed by atoms with van der Waals surface area (Å²) >= 11 is 0. The maximum Gasteiger partial charge on any atom is 0.387 e. The number of carbonyl (C=O) groups excluding carboxylic acids is 1. The van der Waals surface area contributed by atoms with Gasteiger partial charge in [-0.1, -0.05) is 24.3 Å². The SMILES string of the molecule is CCOc1cc(CN(C)C(=O)Cc2ccccc2OC)ccc1OC(F)F. The molecule has 1 amide bonds. The first kappa shape index (κ1) is 20.5. The molecule has 0 aliphatic heterocycles. The van der Waals surface area contributed by atoms with Crippen molar-refractivity contribution in [2.75, 3.05) is 20.8 Å². The van der Waals surface area contributed by atoms with Crippen molar-refractivity contribution in [1.29, 1.82) is 0 Å². The Balaban J connectivity index is 2.08. The van der Waals surface area contributed by atoms with Gasteiger partial charge in [0.15, 0.2) is 11.5 Å². The van der Waals surface area contributed by atoms with E-state index in [4.69, 9.17) is 9.47 Å². The summed E-state index contributed by atoms with van der Waals surface area (Å²) in [5, 5.41) is 0. The van der Waals surface area contributed by atoms with Crippen LogP contribution in [0.5, 0.6) is 17.2 Å². The summed E-state index contributed by atoms with van der Waals surface area (Å²) in [6.45, 7) is -0.559. The minimum Gasteiger partial charge on any atom is -0.496 e. The minimum atomic E-state index is -2.93. The number of amides is 1. The molecule has 0 N–H and O–H groups in total. The molecule has 2 aromatic rings. The van der Waals surface area contributed by atoms with E-state index >= 15 is 0 Å². The Morgan fingerprint density at radius 1 is 1.11 bits per heavy atom. The quantitative estimate of drug-likeness (QED) is 0.663. The van der Waals surface area contributed by atoms with Crippen LogP contribution in [0.4, 0.5) is 8.78 Å². The zero-order chi connectivity index (χ0) is 19.8. The summed E-state index contributed by atoms with van der Waals surface area (Å²) in [5.41, 5.74) is 1.54. The molecule has 0 atom stereocenters. The highest BCUT2D eigenvalue weighted by molar-refractivity contribution is 5.79. The summed E-state index contributed by atoms with van der Waals surface area (Å²) in [6, 6.07) is 12.0. The van der Waals surface area contributed by atoms with Gasteiger partial charge < -0.3 is 19.1 Å². The number of carbonyl (C=O) groups is 1. The van der Waals surface area contributed by atoms with Gasteiger partial charge in [-0.2, -0.15) is 8.78 Å². The van der Waals surface area contributed by atoms with Gasteiger partial charge >= 0.3 is 6.61 Å². The molecule has 2 rings (SSSR count). The Hall–Kier alpha value is -2.83. The third-order valence-electron chi connectivity index (χ3n) is 3.90. The first-order valence-electron chi connectivity index (χ1n) is 8.51. The second-order valence-electron chi connectivity index (χ2n) is 5.83. The second-order valence-corrected chi connectivity index (χ2v) is 5.83. The van der Waals surface area contributed by atoms with Crippen molar-refractivity contribution in [3.63, 3.8) is 0 Å². The summed E-state index contributed by atoms with van der Waals surface area (Å²) in [6.07, 6.45) is 0.200. The zero-order valence-electron chi connectivity index (χ0n) is 15.6. The topological polar surface area (TPSA) is 48.0 Å². The van der Waals surface area contributed by atoms with Gasteiger partial charge in [-0.15, -0.1) is 0 Å². The molecule has 146 valence electrons. The number of hydrogen-bond donors (Lipinski definition) is 0. The van der Waals surface area contributed by atoms with Gasteiger partial charge in [-0.3, -0.25) is 4.79 Å². The van der Waals surface area contributed by atoms with Gasteiger partial charge in [-0.05, 0) is 30.7 Å². The Morgan fingerprint density at radius 2 is 1.85 bits per heavy atom. The molecule has 5 nitrogen and oxygen atoms in total. The molecule has 7 heteroatoms. The third-order valence-corrected chi connectivity index (χ3v) is 3.90. The maximum atomic E-state index is 12.5. The van der Waals surface area contributed by atoms with Gasteiger partial charge in [-0.25, -0.2) is 0 Å². The highest BCUT2D eigenvalue weighted by Gasteiger charge is 2.15. The van der Waals surface area contributed by atoms with E-state index in [9.17, 15) is 13.6 Å². The van der Waals surface area contributed by atoms with Crippen molar-refractivity contribution in [3.05, 3.63) is 53.6 Å². The van der Waals surface area contributed by atoms with Crippen LogP contribution in [0.2, 0.25) is 0 Å². The summed E-state index contributed by atoms with van der Waals surface area (Å²) < 4.78 is 40.1. The van der Waals surface area contributed by atoms with Crippen LogP contribution in [0.1, 0.15) is 18.1 Å². The van der Waals surface area contributed by atoms with E-state index < -0.39 is 6.61 Å². The Labute approximate surface area is 157 Å². The van der Waals surface area contributed by atoms with Crippen molar-refractivity contribution in [2.24, 2.45) is 0 Å². The molecule has 0 spiro atoms. The van der Waals surface area contributed by atoms with Crippen molar-refractivity contribution in [2.45, 2.75) is 26.5 Å². The number of methoxy groups -OCH3 is 1. The number of likely N-dealkylation sites (N-methyl/N-ethyl adjacent to an activating group) is 1. The highest BCUT2D eigenvalue weighted by atomic mass is 19.3. The van der Waals surface area contributed by atoms with Crippen LogP contribution in [0.25, 0.3) is 0 Å². The fraction of sp³-hybridized carbons (Fsp3) is 0.350. The van der Waals surface area contributed by atoms with Crippen LogP contribution in [0.3, 0.4) is 0 Å². The Bertz CT molecular complexity index is 767. The number of alkyl halides is 2. The number of nitrogens with zero attached hydrogens (tertiary/aromatic N) is 1. The fourth-order valence-electron chi connectivity index (χ4n) is 2.62. The lowest BCUT2D eigenvalue weighted by Crippen LogP contribution is -2.27. The van der Waals surface area contributed by atoms with Crippen LogP contribution < -0.4 is 14.2 Å². The summed E-state index contributed by atoms with van der Waals surface area (Å²) in [4.78, 5) is 14.1. The van der Waals surface area contributed by atoms with E-state index in [0.29, 0.717) is 18.9 Å². The molecule has 0 bridgehead atoms. The average Bonchev–Trinajstić information content (AvgIpc) is 2.64. The van der Waals surface area contributed by atoms with Gasteiger partial charge in [0, 0.05) is 19.2 Å². The molecule has 0 unspecified atom stereocenters. The molecule has 0 radical (unpaired) electrons. The predicted octanol–water partition coefficient (Wildman–Crippen LogP) is 3.90. The molecule has 0 saturated heterocycles. The average molecular weight is 379 g/mol. The van der Waals surface area contributed by atoms with Crippen molar-refractivity contribution >= 4 is 5.91 Å². The summed E-state index contributed by atoms with van der Waals surface area (Å²) in [5.74, 6) is 0.760. The largest absolute Gasteiger partial charge is 0.496 e. The lowest BCUT2D eigenvalue weighted by molar-refractivity contribution is -0.129. The molecule has 27 heavy (non-hydrogen) atoms. The van der Waals surface area contributed by atoms with Crippen LogP contribution in [-0.4, -0.2) is 38.2 Å². The second kappa shape index (κ2) is 9.75. The molecule has 0 aromatic heterocycles. The Morgan fingerprint density at radius 3 is 2.52 bits per heavy atom. The standard InChI is InChI=1S/C20H23F2NO4/c1-4-26-18-11-14(9-10-17(18)27-20(21)22)13-23(2)19(24)12-15-7-5-6-8-16(15)25-3/h5-11,20H,4,12-13H2,1-3H3. The molecule has 0 fully saturated rings. The van der Waals surface area contributed by atoms with Gasteiger partial charge in [0.05, 0.1) is 20.1 Å². The smallest absolute Gasteiger partial charge is 0.387 e. The number of benzene rings is 2. The normalized spacial score (nSPS) is 10.6. The van der Waals surface area contributed by atoms with Crippen LogP contribution in [-0.2, 0) is 17.8 Å². The van der Waals surface area contributed by atoms with E-state index in [2.05, 4.69) is 4.74 Å². The first-order chi connectivity index (χ1) is 12.9. The first-order valence-corrected chi connectivity index (χ1v) is 8.51.